The van der Waals surface area contributed by atoms with Gasteiger partial charge in [-0.15, -0.1) is 0 Å². The highest BCUT2D eigenvalue weighted by molar-refractivity contribution is 7.09. The number of benzene rings is 1. The summed E-state index contributed by atoms with van der Waals surface area (Å²) in [6.45, 7) is 1.83. The van der Waals surface area contributed by atoms with Crippen LogP contribution in [-0.2, 0) is 6.42 Å². The van der Waals surface area contributed by atoms with Gasteiger partial charge in [-0.2, -0.15) is 4.37 Å². The number of methoxy groups -OCH3 is 2. The molecule has 0 saturated heterocycles. The normalized spacial score (nSPS) is 13.7. The number of nitrogens with zero attached hydrogens (tertiary/aromatic N) is 2. The second kappa shape index (κ2) is 6.54. The predicted molar refractivity (Wildman–Crippen MR) is 88.6 cm³/mol. The number of aromatic nitrogens is 2. The Morgan fingerprint density at radius 2 is 2.13 bits per heavy atom. The lowest BCUT2D eigenvalue weighted by atomic mass is 10.1. The van der Waals surface area contributed by atoms with E-state index in [9.17, 15) is 4.79 Å². The molecule has 2 aromatic rings. The molecule has 0 radical (unpaired) electrons. The van der Waals surface area contributed by atoms with Crippen molar-refractivity contribution in [1.82, 2.24) is 9.36 Å². The van der Waals surface area contributed by atoms with E-state index in [-0.39, 0.29) is 5.91 Å². The molecule has 0 bridgehead atoms. The zero-order chi connectivity index (χ0) is 16.4. The summed E-state index contributed by atoms with van der Waals surface area (Å²) in [7, 11) is 3.13. The average Bonchev–Trinajstić information content (AvgIpc) is 3.25. The second-order valence-corrected chi connectivity index (χ2v) is 6.34. The van der Waals surface area contributed by atoms with Crippen LogP contribution in [0.2, 0.25) is 0 Å². The van der Waals surface area contributed by atoms with E-state index in [0.29, 0.717) is 22.2 Å². The smallest absolute Gasteiger partial charge is 0.257 e. The Labute approximate surface area is 139 Å². The molecule has 0 atom stereocenters. The molecule has 3 rings (SSSR count). The van der Waals surface area contributed by atoms with Crippen molar-refractivity contribution >= 4 is 22.6 Å². The van der Waals surface area contributed by atoms with E-state index in [0.717, 1.165) is 23.7 Å². The minimum Gasteiger partial charge on any atom is -0.493 e. The summed E-state index contributed by atoms with van der Waals surface area (Å²) in [6.07, 6.45) is 3.42. The SMILES string of the molecule is COc1ccc(C(=O)Nc2nc(CC3CC3)ns2)c(C)c1OC. The van der Waals surface area contributed by atoms with Crippen molar-refractivity contribution in [2.75, 3.05) is 19.5 Å². The minimum absolute atomic E-state index is 0.224. The highest BCUT2D eigenvalue weighted by Crippen LogP contribution is 2.34. The van der Waals surface area contributed by atoms with E-state index >= 15 is 0 Å². The molecular weight excluding hydrogens is 314 g/mol. The van der Waals surface area contributed by atoms with Crippen molar-refractivity contribution < 1.29 is 14.3 Å². The highest BCUT2D eigenvalue weighted by atomic mass is 32.1. The van der Waals surface area contributed by atoms with Gasteiger partial charge in [-0.3, -0.25) is 10.1 Å². The molecule has 1 N–H and O–H groups in total. The van der Waals surface area contributed by atoms with Gasteiger partial charge in [0, 0.05) is 29.1 Å². The first-order valence-corrected chi connectivity index (χ1v) is 8.25. The van der Waals surface area contributed by atoms with Crippen LogP contribution in [0.1, 0.15) is 34.6 Å². The highest BCUT2D eigenvalue weighted by Gasteiger charge is 2.24. The molecule has 1 amide bonds. The van der Waals surface area contributed by atoms with Gasteiger partial charge in [0.25, 0.3) is 5.91 Å². The lowest BCUT2D eigenvalue weighted by Crippen LogP contribution is -2.14. The van der Waals surface area contributed by atoms with E-state index in [1.807, 2.05) is 6.92 Å². The van der Waals surface area contributed by atoms with Gasteiger partial charge in [-0.25, -0.2) is 4.98 Å². The molecule has 1 aromatic carbocycles. The maximum Gasteiger partial charge on any atom is 0.257 e. The first-order chi connectivity index (χ1) is 11.1. The lowest BCUT2D eigenvalue weighted by Gasteiger charge is -2.13. The summed E-state index contributed by atoms with van der Waals surface area (Å²) in [5, 5.41) is 3.34. The molecule has 122 valence electrons. The van der Waals surface area contributed by atoms with E-state index < -0.39 is 0 Å². The first-order valence-electron chi connectivity index (χ1n) is 7.48. The number of ether oxygens (including phenoxy) is 2. The van der Waals surface area contributed by atoms with E-state index in [1.165, 1.54) is 24.4 Å². The quantitative estimate of drug-likeness (QED) is 0.879. The van der Waals surface area contributed by atoms with Crippen LogP contribution in [0.25, 0.3) is 0 Å². The Morgan fingerprint density at radius 3 is 2.78 bits per heavy atom. The second-order valence-electron chi connectivity index (χ2n) is 5.59. The number of hydrogen-bond donors (Lipinski definition) is 1. The molecule has 0 spiro atoms. The predicted octanol–water partition coefficient (Wildman–Crippen LogP) is 3.07. The number of nitrogens with one attached hydrogen (secondary N) is 1. The maximum absolute atomic E-state index is 12.5. The Hall–Kier alpha value is -2.15. The first kappa shape index (κ1) is 15.7. The van der Waals surface area contributed by atoms with Crippen LogP contribution < -0.4 is 14.8 Å². The molecule has 1 fully saturated rings. The van der Waals surface area contributed by atoms with Gasteiger partial charge in [-0.1, -0.05) is 0 Å². The van der Waals surface area contributed by atoms with Crippen molar-refractivity contribution in [3.05, 3.63) is 29.1 Å². The zero-order valence-electron chi connectivity index (χ0n) is 13.4. The van der Waals surface area contributed by atoms with Crippen LogP contribution in [0.5, 0.6) is 11.5 Å². The van der Waals surface area contributed by atoms with Crippen LogP contribution in [-0.4, -0.2) is 29.5 Å². The third kappa shape index (κ3) is 3.44. The molecule has 23 heavy (non-hydrogen) atoms. The van der Waals surface area contributed by atoms with E-state index in [1.54, 1.807) is 26.4 Å². The summed E-state index contributed by atoms with van der Waals surface area (Å²) < 4.78 is 14.9. The van der Waals surface area contributed by atoms with Crippen molar-refractivity contribution in [3.63, 3.8) is 0 Å². The largest absolute Gasteiger partial charge is 0.493 e. The zero-order valence-corrected chi connectivity index (χ0v) is 14.2. The van der Waals surface area contributed by atoms with Gasteiger partial charge in [-0.05, 0) is 37.8 Å². The number of hydrogen-bond acceptors (Lipinski definition) is 6. The van der Waals surface area contributed by atoms with Crippen molar-refractivity contribution in [2.24, 2.45) is 5.92 Å². The summed E-state index contributed by atoms with van der Waals surface area (Å²) in [5.41, 5.74) is 1.26. The van der Waals surface area contributed by atoms with Crippen LogP contribution in [0.15, 0.2) is 12.1 Å². The summed E-state index contributed by atoms with van der Waals surface area (Å²) in [4.78, 5) is 16.9. The molecule has 1 aliphatic carbocycles. The third-order valence-corrected chi connectivity index (χ3v) is 4.56. The number of amides is 1. The number of carbonyl (C=O) groups is 1. The third-order valence-electron chi connectivity index (χ3n) is 3.90. The standard InChI is InChI=1S/C16H19N3O3S/c1-9-11(6-7-12(21-2)14(9)22-3)15(20)18-16-17-13(19-23-16)8-10-4-5-10/h6-7,10H,4-5,8H2,1-3H3,(H,17,18,19,20). The molecule has 7 heteroatoms. The van der Waals surface area contributed by atoms with Gasteiger partial charge in [0.05, 0.1) is 14.2 Å². The Kier molecular flexibility index (Phi) is 4.47. The van der Waals surface area contributed by atoms with Gasteiger partial charge < -0.3 is 9.47 Å². The molecule has 1 aliphatic rings. The minimum atomic E-state index is -0.224. The van der Waals surface area contributed by atoms with Gasteiger partial charge in [0.1, 0.15) is 5.82 Å². The van der Waals surface area contributed by atoms with Crippen LogP contribution in [0.3, 0.4) is 0 Å². The van der Waals surface area contributed by atoms with Crippen molar-refractivity contribution in [2.45, 2.75) is 26.2 Å². The molecule has 1 aromatic heterocycles. The fraction of sp³-hybridized carbons (Fsp3) is 0.438. The Morgan fingerprint density at radius 1 is 1.35 bits per heavy atom. The van der Waals surface area contributed by atoms with Crippen LogP contribution >= 0.6 is 11.5 Å². The topological polar surface area (TPSA) is 73.3 Å². The van der Waals surface area contributed by atoms with E-state index in [4.69, 9.17) is 9.47 Å². The monoisotopic (exact) mass is 333 g/mol. The number of rotatable bonds is 6. The van der Waals surface area contributed by atoms with Crippen LogP contribution in [0, 0.1) is 12.8 Å². The lowest BCUT2D eigenvalue weighted by molar-refractivity contribution is 0.102. The summed E-state index contributed by atoms with van der Waals surface area (Å²) in [5.74, 6) is 2.48. The van der Waals surface area contributed by atoms with Gasteiger partial charge in [0.15, 0.2) is 11.5 Å². The fourth-order valence-electron chi connectivity index (χ4n) is 2.46. The van der Waals surface area contributed by atoms with Crippen molar-refractivity contribution in [3.8, 4) is 11.5 Å². The molecule has 1 saturated carbocycles. The fourth-order valence-corrected chi connectivity index (χ4v) is 3.05. The number of carbonyl (C=O) groups excluding carboxylic acids is 1. The molecule has 6 nitrogen and oxygen atoms in total. The number of anilines is 1. The van der Waals surface area contributed by atoms with Gasteiger partial charge in [0.2, 0.25) is 5.13 Å². The molecule has 0 unspecified atom stereocenters. The van der Waals surface area contributed by atoms with E-state index in [2.05, 4.69) is 14.7 Å². The molecule has 1 heterocycles. The maximum atomic E-state index is 12.5. The van der Waals surface area contributed by atoms with Gasteiger partial charge >= 0.3 is 0 Å². The summed E-state index contributed by atoms with van der Waals surface area (Å²) >= 11 is 1.22. The Balaban J connectivity index is 1.76. The van der Waals surface area contributed by atoms with Crippen molar-refractivity contribution in [1.29, 1.82) is 0 Å². The molecule has 0 aliphatic heterocycles. The average molecular weight is 333 g/mol. The summed E-state index contributed by atoms with van der Waals surface area (Å²) in [6, 6.07) is 3.44. The van der Waals surface area contributed by atoms with Crippen LogP contribution in [0.4, 0.5) is 5.13 Å². The molecular formula is C16H19N3O3S. The Bertz CT molecular complexity index is 725.